The molecule has 188 valence electrons. The van der Waals surface area contributed by atoms with Crippen molar-refractivity contribution in [3.05, 3.63) is 52.6 Å². The summed E-state index contributed by atoms with van der Waals surface area (Å²) in [7, 11) is 0. The van der Waals surface area contributed by atoms with Crippen LogP contribution in [0.3, 0.4) is 0 Å². The third-order valence-corrected chi connectivity index (χ3v) is 8.85. The molecule has 1 saturated carbocycles. The molecule has 0 spiro atoms. The molecule has 36 heavy (non-hydrogen) atoms. The number of carbonyl (C=O) groups is 1. The van der Waals surface area contributed by atoms with E-state index < -0.39 is 11.2 Å². The van der Waals surface area contributed by atoms with Gasteiger partial charge in [0, 0.05) is 25.7 Å². The average Bonchev–Trinajstić information content (AvgIpc) is 2.89. The van der Waals surface area contributed by atoms with Crippen molar-refractivity contribution in [3.63, 3.8) is 0 Å². The zero-order valence-corrected chi connectivity index (χ0v) is 21.9. The van der Waals surface area contributed by atoms with E-state index in [1.807, 2.05) is 37.3 Å². The van der Waals surface area contributed by atoms with E-state index in [-0.39, 0.29) is 0 Å². The van der Waals surface area contributed by atoms with E-state index in [2.05, 4.69) is 29.3 Å². The first kappa shape index (κ1) is 26.0. The normalized spacial score (nSPS) is 18.1. The van der Waals surface area contributed by atoms with E-state index in [0.717, 1.165) is 38.0 Å². The van der Waals surface area contributed by atoms with Crippen LogP contribution >= 0.6 is 11.8 Å². The molecule has 0 bridgehead atoms. The van der Waals surface area contributed by atoms with Gasteiger partial charge in [-0.1, -0.05) is 62.4 Å². The molecular weight excluding hydrogens is 468 g/mol. The summed E-state index contributed by atoms with van der Waals surface area (Å²) in [6.07, 6.45) is 6.40. The first-order valence-electron chi connectivity index (χ1n) is 12.8. The van der Waals surface area contributed by atoms with Gasteiger partial charge in [-0.25, -0.2) is 4.98 Å². The minimum atomic E-state index is -0.681. The number of nitriles is 2. The molecular formula is C28H34N6OS. The Morgan fingerprint density at radius 3 is 2.42 bits per heavy atom. The Kier molecular flexibility index (Phi) is 8.18. The summed E-state index contributed by atoms with van der Waals surface area (Å²) in [4.78, 5) is 19.4. The molecule has 1 unspecified atom stereocenters. The summed E-state index contributed by atoms with van der Waals surface area (Å²) in [5, 5.41) is 23.6. The van der Waals surface area contributed by atoms with Gasteiger partial charge in [0.1, 0.15) is 28.2 Å². The van der Waals surface area contributed by atoms with Gasteiger partial charge in [-0.3, -0.25) is 4.79 Å². The number of anilines is 1. The number of carbonyl (C=O) groups excluding carboxylic acids is 1. The number of nitrogens with zero attached hydrogens (tertiary/aromatic N) is 4. The second-order valence-electron chi connectivity index (χ2n) is 10.2. The van der Waals surface area contributed by atoms with Gasteiger partial charge in [0.25, 0.3) is 0 Å². The highest BCUT2D eigenvalue weighted by Gasteiger charge is 2.33. The third-order valence-electron chi connectivity index (χ3n) is 7.59. The fraction of sp³-hybridized carbons (Fsp3) is 0.500. The van der Waals surface area contributed by atoms with E-state index in [1.165, 1.54) is 31.0 Å². The summed E-state index contributed by atoms with van der Waals surface area (Å²) < 4.78 is 0. The number of primary amides is 1. The molecule has 1 aromatic carbocycles. The second kappa shape index (κ2) is 11.3. The van der Waals surface area contributed by atoms with Crippen LogP contribution in [0.4, 0.5) is 5.82 Å². The number of aromatic nitrogens is 1. The number of pyridine rings is 1. The molecule has 1 aromatic heterocycles. The molecule has 1 atom stereocenters. The van der Waals surface area contributed by atoms with E-state index in [9.17, 15) is 15.3 Å². The molecule has 2 fully saturated rings. The molecule has 4 rings (SSSR count). The Balaban J connectivity index is 1.60. The second-order valence-corrected chi connectivity index (χ2v) is 11.3. The molecule has 2 aromatic rings. The van der Waals surface area contributed by atoms with Crippen LogP contribution in [0.5, 0.6) is 0 Å². The molecule has 1 amide bonds. The van der Waals surface area contributed by atoms with Gasteiger partial charge in [0.2, 0.25) is 5.91 Å². The predicted molar refractivity (Wildman–Crippen MR) is 142 cm³/mol. The van der Waals surface area contributed by atoms with Gasteiger partial charge in [0.15, 0.2) is 0 Å². The molecule has 3 N–H and O–H groups in total. The van der Waals surface area contributed by atoms with Crippen LogP contribution in [-0.2, 0) is 11.2 Å². The quantitative estimate of drug-likeness (QED) is 0.486. The fourth-order valence-electron chi connectivity index (χ4n) is 5.17. The Morgan fingerprint density at radius 1 is 1.22 bits per heavy atom. The molecule has 8 heteroatoms. The lowest BCUT2D eigenvalue weighted by atomic mass is 9.70. The number of nitrogens with two attached hydrogens (primary N) is 1. The first-order chi connectivity index (χ1) is 17.4. The van der Waals surface area contributed by atoms with Gasteiger partial charge in [-0.2, -0.15) is 10.5 Å². The van der Waals surface area contributed by atoms with Gasteiger partial charge in [-0.15, -0.1) is 0 Å². The maximum absolute atomic E-state index is 12.4. The summed E-state index contributed by atoms with van der Waals surface area (Å²) >= 11 is 1.19. The molecule has 2 heterocycles. The van der Waals surface area contributed by atoms with Gasteiger partial charge in [0.05, 0.1) is 11.1 Å². The molecule has 7 nitrogen and oxygen atoms in total. The summed E-state index contributed by atoms with van der Waals surface area (Å²) in [5.41, 5.74) is 8.47. The average molecular weight is 503 g/mol. The van der Waals surface area contributed by atoms with Crippen molar-refractivity contribution in [1.29, 1.82) is 10.5 Å². The number of amides is 1. The number of rotatable bonds is 9. The minimum absolute atomic E-state index is 0.357. The van der Waals surface area contributed by atoms with Crippen LogP contribution < -0.4 is 16.0 Å². The molecule has 1 aliphatic heterocycles. The number of piperidine rings is 1. The highest BCUT2D eigenvalue weighted by molar-refractivity contribution is 8.00. The summed E-state index contributed by atoms with van der Waals surface area (Å²) in [6, 6.07) is 14.3. The molecule has 2 aliphatic rings. The van der Waals surface area contributed by atoms with Crippen LogP contribution in [0.25, 0.3) is 0 Å². The zero-order chi connectivity index (χ0) is 25.7. The Labute approximate surface area is 218 Å². The van der Waals surface area contributed by atoms with E-state index >= 15 is 0 Å². The third kappa shape index (κ3) is 5.51. The van der Waals surface area contributed by atoms with Crippen molar-refractivity contribution in [2.24, 2.45) is 11.1 Å². The van der Waals surface area contributed by atoms with Crippen molar-refractivity contribution in [3.8, 4) is 12.1 Å². The highest BCUT2D eigenvalue weighted by Crippen LogP contribution is 2.41. The van der Waals surface area contributed by atoms with Crippen LogP contribution in [0, 0.1) is 28.1 Å². The Morgan fingerprint density at radius 2 is 1.89 bits per heavy atom. The standard InChI is InChI=1S/C28H34N6OS/c1-3-21-22(16-29)26(34-14-10-20(11-15-34)32-18-28(2)12-7-13-28)33-27(23(21)17-30)36-24(25(31)35)19-8-5-4-6-9-19/h4-6,8-9,20,24,32H,3,7,10-15,18H2,1-2H3,(H2,31,35). The molecule has 1 aliphatic carbocycles. The molecule has 0 radical (unpaired) electrons. The van der Waals surface area contributed by atoms with Crippen molar-refractivity contribution >= 4 is 23.5 Å². The highest BCUT2D eigenvalue weighted by atomic mass is 32.2. The number of nitrogens with one attached hydrogen (secondary N) is 1. The van der Waals surface area contributed by atoms with Crippen molar-refractivity contribution in [2.45, 2.75) is 68.7 Å². The Bertz CT molecular complexity index is 1170. The maximum Gasteiger partial charge on any atom is 0.235 e. The van der Waals surface area contributed by atoms with Crippen LogP contribution in [0.15, 0.2) is 35.4 Å². The topological polar surface area (TPSA) is 119 Å². The maximum atomic E-state index is 12.4. The SMILES string of the molecule is CCc1c(C#N)c(SC(C(N)=O)c2ccccc2)nc(N2CCC(NCC3(C)CCC3)CC2)c1C#N. The lowest BCUT2D eigenvalue weighted by molar-refractivity contribution is -0.117. The van der Waals surface area contributed by atoms with Gasteiger partial charge < -0.3 is 16.0 Å². The largest absolute Gasteiger partial charge is 0.368 e. The van der Waals surface area contributed by atoms with E-state index in [4.69, 9.17) is 10.7 Å². The number of hydrogen-bond donors (Lipinski definition) is 2. The first-order valence-corrected chi connectivity index (χ1v) is 13.6. The number of benzene rings is 1. The van der Waals surface area contributed by atoms with E-state index in [0.29, 0.717) is 45.4 Å². The van der Waals surface area contributed by atoms with E-state index in [1.54, 1.807) is 0 Å². The van der Waals surface area contributed by atoms with Gasteiger partial charge >= 0.3 is 0 Å². The zero-order valence-electron chi connectivity index (χ0n) is 21.1. The van der Waals surface area contributed by atoms with Crippen LogP contribution in [0.2, 0.25) is 0 Å². The monoisotopic (exact) mass is 502 g/mol. The van der Waals surface area contributed by atoms with Gasteiger partial charge in [-0.05, 0) is 48.6 Å². The predicted octanol–water partition coefficient (Wildman–Crippen LogP) is 4.45. The van der Waals surface area contributed by atoms with Crippen molar-refractivity contribution in [1.82, 2.24) is 10.3 Å². The Hall–Kier alpha value is -3.07. The number of hydrogen-bond acceptors (Lipinski definition) is 7. The van der Waals surface area contributed by atoms with Crippen LogP contribution in [0.1, 0.15) is 73.5 Å². The minimum Gasteiger partial charge on any atom is -0.368 e. The summed E-state index contributed by atoms with van der Waals surface area (Å²) in [6.45, 7) is 6.93. The lowest BCUT2D eigenvalue weighted by Crippen LogP contribution is -2.47. The smallest absolute Gasteiger partial charge is 0.235 e. The number of thioether (sulfide) groups is 1. The lowest BCUT2D eigenvalue weighted by Gasteiger charge is -2.41. The summed E-state index contributed by atoms with van der Waals surface area (Å²) in [5.74, 6) is 0.115. The van der Waals surface area contributed by atoms with Crippen molar-refractivity contribution < 1.29 is 4.79 Å². The van der Waals surface area contributed by atoms with Crippen molar-refractivity contribution in [2.75, 3.05) is 24.5 Å². The fourth-order valence-corrected chi connectivity index (χ4v) is 6.23. The van der Waals surface area contributed by atoms with Crippen LogP contribution in [-0.4, -0.2) is 36.6 Å². The molecule has 1 saturated heterocycles.